The van der Waals surface area contributed by atoms with Crippen LogP contribution < -0.4 is 10.6 Å². The van der Waals surface area contributed by atoms with Crippen LogP contribution in [0.1, 0.15) is 52.4 Å². The molecule has 2 aliphatic rings. The van der Waals surface area contributed by atoms with Gasteiger partial charge in [-0.3, -0.25) is 27.8 Å². The second kappa shape index (κ2) is 43.8. The molecule has 34 heteroatoms. The standard InChI is InChI=1S/C32H64N2O24P4.4Y/c1-20(37)33-25-29(41)27(39)23(16-35)56-31(25)48-10-6-4-8-12-50-60(44)54-18-22(58-62(46)53-15-14-52-59(43)47-3)19-55-61(45)51-13-9-5-7-11-49-32-26(34-21(2)38)30(42)28(40)24(17-36)57-32;;;;/h22-32,35-36,39-42,59-62H,4-19H2,1-3H3,(H,33,37)(H,34,38);;;;. The van der Waals surface area contributed by atoms with E-state index in [2.05, 4.69) is 15.2 Å². The number of rotatable bonds is 34. The van der Waals surface area contributed by atoms with Gasteiger partial charge < -0.3 is 96.4 Å². The van der Waals surface area contributed by atoms with Crippen molar-refractivity contribution in [2.24, 2.45) is 0 Å². The number of nitrogens with one attached hydrogen (secondary N) is 2. The quantitative estimate of drug-likeness (QED) is 0.0281. The van der Waals surface area contributed by atoms with E-state index >= 15 is 0 Å². The molecule has 2 heterocycles. The van der Waals surface area contributed by atoms with Gasteiger partial charge in [0.25, 0.3) is 0 Å². The summed E-state index contributed by atoms with van der Waals surface area (Å²) in [7, 11) is -11.0. The minimum atomic E-state index is -3.25. The van der Waals surface area contributed by atoms with Crippen molar-refractivity contribution in [3.8, 4) is 0 Å². The normalized spacial score (nSPS) is 27.3. The van der Waals surface area contributed by atoms with E-state index in [-0.39, 0.29) is 170 Å². The van der Waals surface area contributed by atoms with E-state index in [1.165, 1.54) is 21.0 Å². The van der Waals surface area contributed by atoms with E-state index in [1.54, 1.807) is 0 Å². The van der Waals surface area contributed by atoms with Crippen molar-refractivity contribution >= 4 is 44.8 Å². The fraction of sp³-hybridized carbons (Fsp3) is 0.938. The Labute approximate surface area is 487 Å². The van der Waals surface area contributed by atoms with Crippen LogP contribution in [0, 0.1) is 0 Å². The number of amides is 2. The van der Waals surface area contributed by atoms with Crippen molar-refractivity contribution in [3.05, 3.63) is 0 Å². The first kappa shape index (κ1) is 73.8. The molecule has 26 nitrogen and oxygen atoms in total. The molecule has 2 amide bonds. The summed E-state index contributed by atoms with van der Waals surface area (Å²) >= 11 is 0. The first-order valence-corrected chi connectivity index (χ1v) is 24.7. The first-order chi connectivity index (χ1) is 29.6. The topological polar surface area (TPSA) is 359 Å². The SMILES string of the molecule is CO[PH](=O)OCCO[PH](=O)OC(CO[PH](=O)OCCCCCOC1OC(CO)C(O)C(O)C1NC(C)=O)CO[PH](=O)OCCCCCOC1OC(CO)C(O)C(O)C1NC(C)=O.[Y].[Y].[Y].[Y]. The molecule has 0 aliphatic carbocycles. The molecule has 14 unspecified atom stereocenters. The molecule has 2 fully saturated rings. The molecular formula is C32H64N2O24P4Y4. The van der Waals surface area contributed by atoms with Crippen molar-refractivity contribution in [1.29, 1.82) is 0 Å². The second-order valence-electron chi connectivity index (χ2n) is 13.7. The second-order valence-corrected chi connectivity index (χ2v) is 18.1. The summed E-state index contributed by atoms with van der Waals surface area (Å²) in [5.41, 5.74) is 0. The Hall–Kier alpha value is 3.56. The van der Waals surface area contributed by atoms with Crippen LogP contribution in [0.4, 0.5) is 0 Å². The van der Waals surface area contributed by atoms with Gasteiger partial charge in [0.2, 0.25) is 11.8 Å². The summed E-state index contributed by atoms with van der Waals surface area (Å²) in [5.74, 6) is -0.973. The molecular weight excluding hydrogens is 1280 g/mol. The van der Waals surface area contributed by atoms with Crippen molar-refractivity contribution in [1.82, 2.24) is 10.6 Å². The molecule has 66 heavy (non-hydrogen) atoms. The molecule has 8 N–H and O–H groups in total. The van der Waals surface area contributed by atoms with Crippen LogP contribution >= 0.6 is 33.0 Å². The fourth-order valence-corrected chi connectivity index (χ4v) is 8.22. The van der Waals surface area contributed by atoms with Gasteiger partial charge in [-0.05, 0) is 38.5 Å². The van der Waals surface area contributed by atoms with E-state index in [0.29, 0.717) is 38.5 Å². The predicted octanol–water partition coefficient (Wildman–Crippen LogP) is -1.07. The first-order valence-electron chi connectivity index (χ1n) is 19.8. The van der Waals surface area contributed by atoms with Gasteiger partial charge in [-0.1, -0.05) is 0 Å². The molecule has 2 aliphatic heterocycles. The average molecular weight is 1340 g/mol. The van der Waals surface area contributed by atoms with Crippen LogP contribution in [0.25, 0.3) is 0 Å². The predicted molar refractivity (Wildman–Crippen MR) is 214 cm³/mol. The Morgan fingerprint density at radius 3 is 1.26 bits per heavy atom. The fourth-order valence-electron chi connectivity index (χ4n) is 5.70. The summed E-state index contributed by atoms with van der Waals surface area (Å²) < 4.78 is 112. The monoisotopic (exact) mass is 1340 g/mol. The van der Waals surface area contributed by atoms with Crippen molar-refractivity contribution in [2.45, 2.75) is 120 Å². The number of unbranched alkanes of at least 4 members (excludes halogenated alkanes) is 4. The minimum Gasteiger partial charge on any atom is -0.394 e. The van der Waals surface area contributed by atoms with Gasteiger partial charge in [0.1, 0.15) is 54.8 Å². The average Bonchev–Trinajstić information content (AvgIpc) is 3.23. The Morgan fingerprint density at radius 1 is 0.530 bits per heavy atom. The van der Waals surface area contributed by atoms with E-state index in [1.807, 2.05) is 0 Å². The molecule has 0 aromatic heterocycles. The molecule has 2 saturated heterocycles. The van der Waals surface area contributed by atoms with Gasteiger partial charge >= 0.3 is 33.0 Å². The number of hydrogen-bond donors (Lipinski definition) is 8. The zero-order valence-electron chi connectivity index (χ0n) is 37.0. The molecule has 378 valence electrons. The Morgan fingerprint density at radius 2 is 0.894 bits per heavy atom. The molecule has 14 atom stereocenters. The van der Waals surface area contributed by atoms with Crippen LogP contribution in [0.15, 0.2) is 0 Å². The summed E-state index contributed by atoms with van der Waals surface area (Å²) in [6.07, 6.45) is -8.74. The van der Waals surface area contributed by atoms with Gasteiger partial charge in [-0.15, -0.1) is 0 Å². The van der Waals surface area contributed by atoms with Gasteiger partial charge in [-0.25, -0.2) is 0 Å². The maximum Gasteiger partial charge on any atom is 0.319 e. The summed E-state index contributed by atoms with van der Waals surface area (Å²) in [5, 5.41) is 64.8. The zero-order valence-corrected chi connectivity index (χ0v) is 52.4. The third-order valence-corrected chi connectivity index (χ3v) is 12.2. The maximum absolute atomic E-state index is 12.5. The Bertz CT molecular complexity index is 1320. The Kier molecular flexibility index (Phi) is 48.9. The number of aliphatic hydroxyl groups excluding tert-OH is 6. The van der Waals surface area contributed by atoms with E-state index < -0.39 is 139 Å². The third kappa shape index (κ3) is 30.8. The maximum atomic E-state index is 12.5. The molecule has 4 radical (unpaired) electrons. The van der Waals surface area contributed by atoms with Crippen molar-refractivity contribution in [2.75, 3.05) is 73.2 Å². The van der Waals surface area contributed by atoms with E-state index in [9.17, 15) is 58.5 Å². The summed E-state index contributed by atoms with van der Waals surface area (Å²) in [4.78, 5) is 23.2. The van der Waals surface area contributed by atoms with Gasteiger partial charge in [-0.2, -0.15) is 0 Å². The number of aliphatic hydroxyl groups is 6. The van der Waals surface area contributed by atoms with Gasteiger partial charge in [0.05, 0.1) is 52.9 Å². The van der Waals surface area contributed by atoms with E-state index in [4.69, 9.17) is 50.6 Å². The summed E-state index contributed by atoms with van der Waals surface area (Å²) in [6, 6.07) is -2.15. The smallest absolute Gasteiger partial charge is 0.319 e. The minimum absolute atomic E-state index is 0. The molecule has 0 aromatic rings. The largest absolute Gasteiger partial charge is 0.394 e. The molecule has 2 rings (SSSR count). The number of hydrogen-bond acceptors (Lipinski definition) is 24. The van der Waals surface area contributed by atoms with Crippen LogP contribution in [-0.4, -0.2) is 183 Å². The van der Waals surface area contributed by atoms with Gasteiger partial charge in [0, 0.05) is 165 Å². The van der Waals surface area contributed by atoms with Gasteiger partial charge in [0.15, 0.2) is 12.6 Å². The third-order valence-electron chi connectivity index (χ3n) is 8.81. The van der Waals surface area contributed by atoms with Crippen molar-refractivity contribution < 1.29 is 244 Å². The number of carbonyl (C=O) groups is 2. The summed E-state index contributed by atoms with van der Waals surface area (Å²) in [6.45, 7) is 0.0415. The Balaban J connectivity index is -0.00000992. The van der Waals surface area contributed by atoms with Crippen LogP contribution in [0.5, 0.6) is 0 Å². The van der Waals surface area contributed by atoms with Crippen LogP contribution in [0.2, 0.25) is 0 Å². The number of ether oxygens (including phenoxy) is 4. The van der Waals surface area contributed by atoms with Crippen LogP contribution in [-0.2, 0) is 214 Å². The number of carbonyl (C=O) groups excluding carboxylic acids is 2. The van der Waals surface area contributed by atoms with Crippen molar-refractivity contribution in [3.63, 3.8) is 0 Å². The zero-order chi connectivity index (χ0) is 46.0. The van der Waals surface area contributed by atoms with Crippen LogP contribution in [0.3, 0.4) is 0 Å². The molecule has 0 aromatic carbocycles. The van der Waals surface area contributed by atoms with E-state index in [0.717, 1.165) is 0 Å². The molecule has 0 bridgehead atoms. The molecule has 0 saturated carbocycles. The molecule has 0 spiro atoms.